The molecule has 1 rings (SSSR count). The summed E-state index contributed by atoms with van der Waals surface area (Å²) >= 11 is 0. The van der Waals surface area contributed by atoms with Crippen LogP contribution in [0.4, 0.5) is 4.39 Å². The summed E-state index contributed by atoms with van der Waals surface area (Å²) in [4.78, 5) is 0. The highest BCUT2D eigenvalue weighted by molar-refractivity contribution is 4.83. The number of hydrogen-bond acceptors (Lipinski definition) is 3. The molecule has 0 aromatic carbocycles. The summed E-state index contributed by atoms with van der Waals surface area (Å²) in [6, 6.07) is 0.0298. The van der Waals surface area contributed by atoms with E-state index in [2.05, 4.69) is 12.2 Å². The van der Waals surface area contributed by atoms with Crippen LogP contribution in [-0.2, 0) is 0 Å². The molecule has 0 bridgehead atoms. The first-order chi connectivity index (χ1) is 9.24. The third-order valence-corrected chi connectivity index (χ3v) is 3.04. The number of alkyl halides is 1. The molecule has 4 heteroatoms. The maximum atomic E-state index is 13.2. The average molecular weight is 277 g/mol. The van der Waals surface area contributed by atoms with E-state index in [1.54, 1.807) is 0 Å². The fourth-order valence-electron chi connectivity index (χ4n) is 2.00. The van der Waals surface area contributed by atoms with E-state index in [-0.39, 0.29) is 6.04 Å². The standard InChI is InChI=1S/C11H24FN3.2C2H6/c1-2-3-4-8-15(13)9-6-11-10(12)5-7-14-11;2*1-2/h10-11,14H,2-9,13H2,1H3;2*1-2H3. The highest BCUT2D eigenvalue weighted by Crippen LogP contribution is 2.14. The molecule has 19 heavy (non-hydrogen) atoms. The number of nitrogens with one attached hydrogen (secondary N) is 1. The first-order valence-electron chi connectivity index (χ1n) is 8.11. The van der Waals surface area contributed by atoms with Crippen LogP contribution < -0.4 is 11.2 Å². The van der Waals surface area contributed by atoms with E-state index >= 15 is 0 Å². The molecule has 1 heterocycles. The Kier molecular flexibility index (Phi) is 17.6. The molecule has 3 nitrogen and oxygen atoms in total. The number of hydrogen-bond donors (Lipinski definition) is 2. The number of halogens is 1. The van der Waals surface area contributed by atoms with Gasteiger partial charge >= 0.3 is 0 Å². The van der Waals surface area contributed by atoms with Crippen molar-refractivity contribution in [3.05, 3.63) is 0 Å². The summed E-state index contributed by atoms with van der Waals surface area (Å²) in [5, 5.41) is 4.99. The first kappa shape index (κ1) is 21.1. The third-order valence-electron chi connectivity index (χ3n) is 3.04. The molecule has 0 aromatic heterocycles. The van der Waals surface area contributed by atoms with Gasteiger partial charge in [0.15, 0.2) is 0 Å². The van der Waals surface area contributed by atoms with Crippen LogP contribution in [-0.4, -0.2) is 36.9 Å². The number of rotatable bonds is 7. The van der Waals surface area contributed by atoms with Crippen molar-refractivity contribution in [1.29, 1.82) is 0 Å². The molecule has 1 aliphatic rings. The van der Waals surface area contributed by atoms with Crippen LogP contribution in [0.25, 0.3) is 0 Å². The Hall–Kier alpha value is -0.190. The second kappa shape index (κ2) is 15.9. The van der Waals surface area contributed by atoms with Crippen molar-refractivity contribution in [2.45, 2.75) is 78.9 Å². The number of nitrogens with zero attached hydrogens (tertiary/aromatic N) is 1. The quantitative estimate of drug-likeness (QED) is 0.425. The van der Waals surface area contributed by atoms with Crippen molar-refractivity contribution < 1.29 is 4.39 Å². The van der Waals surface area contributed by atoms with Crippen LogP contribution in [0.1, 0.15) is 66.7 Å². The highest BCUT2D eigenvalue weighted by atomic mass is 19.1. The zero-order valence-electron chi connectivity index (χ0n) is 13.7. The number of unbranched alkanes of at least 4 members (excludes halogenated alkanes) is 2. The summed E-state index contributed by atoms with van der Waals surface area (Å²) in [7, 11) is 0. The van der Waals surface area contributed by atoms with Crippen LogP contribution in [0, 0.1) is 0 Å². The van der Waals surface area contributed by atoms with E-state index in [9.17, 15) is 4.39 Å². The fourth-order valence-corrected chi connectivity index (χ4v) is 2.00. The molecule has 0 amide bonds. The predicted octanol–water partition coefficient (Wildman–Crippen LogP) is 3.49. The van der Waals surface area contributed by atoms with Gasteiger partial charge in [-0.05, 0) is 25.8 Å². The van der Waals surface area contributed by atoms with E-state index in [1.165, 1.54) is 12.8 Å². The normalized spacial score (nSPS) is 21.5. The zero-order valence-corrected chi connectivity index (χ0v) is 13.7. The molecule has 0 aromatic rings. The lowest BCUT2D eigenvalue weighted by Crippen LogP contribution is -2.38. The number of nitrogens with two attached hydrogens (primary N) is 1. The van der Waals surface area contributed by atoms with Gasteiger partial charge in [0.2, 0.25) is 0 Å². The van der Waals surface area contributed by atoms with Crippen LogP contribution in [0.5, 0.6) is 0 Å². The summed E-state index contributed by atoms with van der Waals surface area (Å²) in [5.41, 5.74) is 0. The summed E-state index contributed by atoms with van der Waals surface area (Å²) in [6.07, 6.45) is 4.39. The van der Waals surface area contributed by atoms with Crippen molar-refractivity contribution in [3.8, 4) is 0 Å². The summed E-state index contributed by atoms with van der Waals surface area (Å²) < 4.78 is 13.2. The molecule has 3 N–H and O–H groups in total. The van der Waals surface area contributed by atoms with Crippen LogP contribution in [0.3, 0.4) is 0 Å². The van der Waals surface area contributed by atoms with E-state index < -0.39 is 6.17 Å². The van der Waals surface area contributed by atoms with E-state index in [1.807, 2.05) is 32.7 Å². The molecule has 0 spiro atoms. The average Bonchev–Trinajstić information content (AvgIpc) is 2.87. The lowest BCUT2D eigenvalue weighted by molar-refractivity contribution is 0.231. The Bertz CT molecular complexity index is 167. The van der Waals surface area contributed by atoms with Crippen LogP contribution >= 0.6 is 0 Å². The Balaban J connectivity index is 0. The molecule has 0 saturated carbocycles. The second-order valence-corrected chi connectivity index (χ2v) is 4.40. The summed E-state index contributed by atoms with van der Waals surface area (Å²) in [5.74, 6) is 5.82. The van der Waals surface area contributed by atoms with Gasteiger partial charge in [0.1, 0.15) is 6.17 Å². The van der Waals surface area contributed by atoms with Gasteiger partial charge in [-0.15, -0.1) is 0 Å². The van der Waals surface area contributed by atoms with Crippen LogP contribution in [0.2, 0.25) is 0 Å². The van der Waals surface area contributed by atoms with Crippen molar-refractivity contribution >= 4 is 0 Å². The molecule has 1 fully saturated rings. The van der Waals surface area contributed by atoms with Gasteiger partial charge in [-0.1, -0.05) is 47.5 Å². The Morgan fingerprint density at radius 1 is 1.16 bits per heavy atom. The monoisotopic (exact) mass is 277 g/mol. The van der Waals surface area contributed by atoms with Gasteiger partial charge in [0, 0.05) is 19.1 Å². The summed E-state index contributed by atoms with van der Waals surface area (Å²) in [6.45, 7) is 12.7. The minimum Gasteiger partial charge on any atom is -0.311 e. The van der Waals surface area contributed by atoms with Gasteiger partial charge in [0.05, 0.1) is 0 Å². The molecular weight excluding hydrogens is 241 g/mol. The smallest absolute Gasteiger partial charge is 0.117 e. The van der Waals surface area contributed by atoms with Crippen molar-refractivity contribution in [2.75, 3.05) is 19.6 Å². The minimum absolute atomic E-state index is 0.0298. The topological polar surface area (TPSA) is 41.3 Å². The first-order valence-corrected chi connectivity index (χ1v) is 8.11. The van der Waals surface area contributed by atoms with E-state index in [0.29, 0.717) is 6.42 Å². The lowest BCUT2D eigenvalue weighted by Gasteiger charge is -2.19. The molecular formula is C15H36FN3. The largest absolute Gasteiger partial charge is 0.311 e. The minimum atomic E-state index is -0.672. The van der Waals surface area contributed by atoms with Gasteiger partial charge in [-0.3, -0.25) is 5.84 Å². The zero-order chi connectivity index (χ0) is 15.1. The SMILES string of the molecule is CC.CC.CCCCCN(N)CCC1NCCC1F. The predicted molar refractivity (Wildman–Crippen MR) is 83.9 cm³/mol. The third kappa shape index (κ3) is 11.3. The Morgan fingerprint density at radius 3 is 2.26 bits per heavy atom. The Morgan fingerprint density at radius 2 is 1.79 bits per heavy atom. The molecule has 2 atom stereocenters. The van der Waals surface area contributed by atoms with Crippen LogP contribution in [0.15, 0.2) is 0 Å². The second-order valence-electron chi connectivity index (χ2n) is 4.40. The molecule has 118 valence electrons. The fraction of sp³-hybridized carbons (Fsp3) is 1.00. The van der Waals surface area contributed by atoms with Crippen molar-refractivity contribution in [1.82, 2.24) is 10.3 Å². The highest BCUT2D eigenvalue weighted by Gasteiger charge is 2.25. The van der Waals surface area contributed by atoms with Gasteiger partial charge in [-0.2, -0.15) is 0 Å². The van der Waals surface area contributed by atoms with E-state index in [0.717, 1.165) is 32.5 Å². The molecule has 0 radical (unpaired) electrons. The van der Waals surface area contributed by atoms with Gasteiger partial charge in [0.25, 0.3) is 0 Å². The van der Waals surface area contributed by atoms with Crippen molar-refractivity contribution in [3.63, 3.8) is 0 Å². The van der Waals surface area contributed by atoms with Gasteiger partial charge < -0.3 is 5.32 Å². The van der Waals surface area contributed by atoms with Crippen molar-refractivity contribution in [2.24, 2.45) is 5.84 Å². The van der Waals surface area contributed by atoms with Gasteiger partial charge in [-0.25, -0.2) is 9.40 Å². The Labute approximate surface area is 120 Å². The molecule has 1 aliphatic heterocycles. The molecule has 2 unspecified atom stereocenters. The maximum Gasteiger partial charge on any atom is 0.117 e. The number of hydrazine groups is 1. The van der Waals surface area contributed by atoms with E-state index in [4.69, 9.17) is 5.84 Å². The maximum absolute atomic E-state index is 13.2. The molecule has 0 aliphatic carbocycles. The lowest BCUT2D eigenvalue weighted by atomic mass is 10.1. The molecule has 1 saturated heterocycles.